The molecule has 0 aliphatic heterocycles. The minimum absolute atomic E-state index is 0.364. The quantitative estimate of drug-likeness (QED) is 0.740. The van der Waals surface area contributed by atoms with E-state index < -0.39 is 9.84 Å². The molecular formula is C14H29NO2S. The van der Waals surface area contributed by atoms with Gasteiger partial charge in [-0.2, -0.15) is 0 Å². The summed E-state index contributed by atoms with van der Waals surface area (Å²) in [6.07, 6.45) is 5.29. The van der Waals surface area contributed by atoms with Crippen LogP contribution in [-0.4, -0.2) is 32.5 Å². The topological polar surface area (TPSA) is 46.2 Å². The monoisotopic (exact) mass is 275 g/mol. The zero-order chi connectivity index (χ0) is 13.6. The van der Waals surface area contributed by atoms with Crippen molar-refractivity contribution in [3.05, 3.63) is 0 Å². The van der Waals surface area contributed by atoms with Gasteiger partial charge in [0.15, 0.2) is 0 Å². The lowest BCUT2D eigenvalue weighted by Crippen LogP contribution is -2.33. The smallest absolute Gasteiger partial charge is 0.150 e. The molecule has 1 rings (SSSR count). The van der Waals surface area contributed by atoms with Crippen molar-refractivity contribution in [2.45, 2.75) is 58.9 Å². The van der Waals surface area contributed by atoms with Crippen molar-refractivity contribution in [2.75, 3.05) is 18.1 Å². The molecule has 1 saturated carbocycles. The van der Waals surface area contributed by atoms with Gasteiger partial charge in [0.25, 0.3) is 0 Å². The van der Waals surface area contributed by atoms with Crippen LogP contribution in [0.4, 0.5) is 0 Å². The molecule has 0 amide bonds. The zero-order valence-electron chi connectivity index (χ0n) is 12.1. The standard InChI is InChI=1S/C14H29NO2S/c1-4-15-14-7-5-6-13(14)9-11-18(16,17)10-8-12(2)3/h12-15H,4-11H2,1-3H3. The van der Waals surface area contributed by atoms with Gasteiger partial charge >= 0.3 is 0 Å². The van der Waals surface area contributed by atoms with E-state index in [1.165, 1.54) is 19.3 Å². The summed E-state index contributed by atoms with van der Waals surface area (Å²) in [6, 6.07) is 0.551. The normalized spacial score (nSPS) is 24.9. The zero-order valence-corrected chi connectivity index (χ0v) is 12.9. The van der Waals surface area contributed by atoms with E-state index in [9.17, 15) is 8.42 Å². The van der Waals surface area contributed by atoms with Gasteiger partial charge in [-0.3, -0.25) is 0 Å². The third-order valence-electron chi connectivity index (χ3n) is 3.93. The Kier molecular flexibility index (Phi) is 6.64. The lowest BCUT2D eigenvalue weighted by atomic mass is 10.0. The average molecular weight is 275 g/mol. The summed E-state index contributed by atoms with van der Waals surface area (Å²) in [7, 11) is -2.83. The highest BCUT2D eigenvalue weighted by Crippen LogP contribution is 2.28. The van der Waals surface area contributed by atoms with Gasteiger partial charge in [-0.1, -0.05) is 27.2 Å². The Morgan fingerprint density at radius 1 is 1.22 bits per heavy atom. The second-order valence-corrected chi connectivity index (χ2v) is 8.28. The minimum Gasteiger partial charge on any atom is -0.314 e. The first-order chi connectivity index (χ1) is 8.44. The predicted molar refractivity (Wildman–Crippen MR) is 77.5 cm³/mol. The molecule has 1 aliphatic carbocycles. The van der Waals surface area contributed by atoms with Crippen molar-refractivity contribution in [3.63, 3.8) is 0 Å². The maximum absolute atomic E-state index is 11.9. The van der Waals surface area contributed by atoms with Crippen LogP contribution in [0, 0.1) is 11.8 Å². The van der Waals surface area contributed by atoms with Crippen molar-refractivity contribution in [1.82, 2.24) is 5.32 Å². The van der Waals surface area contributed by atoms with Gasteiger partial charge in [0.05, 0.1) is 11.5 Å². The van der Waals surface area contributed by atoms with Gasteiger partial charge in [-0.25, -0.2) is 8.42 Å². The van der Waals surface area contributed by atoms with Crippen LogP contribution in [0.5, 0.6) is 0 Å². The first-order valence-corrected chi connectivity index (χ1v) is 9.20. The summed E-state index contributed by atoms with van der Waals surface area (Å²) >= 11 is 0. The van der Waals surface area contributed by atoms with Gasteiger partial charge in [-0.05, 0) is 44.1 Å². The van der Waals surface area contributed by atoms with Gasteiger partial charge in [-0.15, -0.1) is 0 Å². The summed E-state index contributed by atoms with van der Waals surface area (Å²) in [6.45, 7) is 7.26. The Morgan fingerprint density at radius 3 is 2.56 bits per heavy atom. The third-order valence-corrected chi connectivity index (χ3v) is 5.65. The number of hydrogen-bond acceptors (Lipinski definition) is 3. The molecule has 2 unspecified atom stereocenters. The summed E-state index contributed by atoms with van der Waals surface area (Å²) in [4.78, 5) is 0. The second kappa shape index (κ2) is 7.49. The van der Waals surface area contributed by atoms with Crippen LogP contribution in [0.25, 0.3) is 0 Å². The molecule has 0 aromatic rings. The van der Waals surface area contributed by atoms with Crippen LogP contribution in [0.2, 0.25) is 0 Å². The summed E-state index contributed by atoms with van der Waals surface area (Å²) < 4.78 is 23.9. The maximum atomic E-state index is 11.9. The number of rotatable bonds is 8. The van der Waals surface area contributed by atoms with Gasteiger partial charge in [0.2, 0.25) is 0 Å². The molecule has 2 atom stereocenters. The Morgan fingerprint density at radius 2 is 1.94 bits per heavy atom. The molecule has 4 heteroatoms. The van der Waals surface area contributed by atoms with Gasteiger partial charge < -0.3 is 5.32 Å². The molecule has 18 heavy (non-hydrogen) atoms. The van der Waals surface area contributed by atoms with E-state index in [1.807, 2.05) is 0 Å². The van der Waals surface area contributed by atoms with Crippen LogP contribution in [0.1, 0.15) is 52.9 Å². The van der Waals surface area contributed by atoms with Crippen LogP contribution >= 0.6 is 0 Å². The Labute approximate surface area is 113 Å². The summed E-state index contributed by atoms with van der Waals surface area (Å²) in [5.74, 6) is 1.79. The Hall–Kier alpha value is -0.0900. The van der Waals surface area contributed by atoms with Crippen molar-refractivity contribution in [1.29, 1.82) is 0 Å². The third kappa shape index (κ3) is 5.70. The van der Waals surface area contributed by atoms with E-state index in [4.69, 9.17) is 0 Å². The molecule has 0 aromatic carbocycles. The fourth-order valence-corrected chi connectivity index (χ4v) is 4.46. The van der Waals surface area contributed by atoms with E-state index in [0.717, 1.165) is 19.4 Å². The first kappa shape index (κ1) is 16.0. The fourth-order valence-electron chi connectivity index (χ4n) is 2.76. The number of nitrogens with one attached hydrogen (secondary N) is 1. The van der Waals surface area contributed by atoms with E-state index in [-0.39, 0.29) is 0 Å². The van der Waals surface area contributed by atoms with E-state index in [0.29, 0.717) is 29.4 Å². The van der Waals surface area contributed by atoms with Crippen molar-refractivity contribution in [2.24, 2.45) is 11.8 Å². The summed E-state index contributed by atoms with van der Waals surface area (Å²) in [5, 5.41) is 3.49. The molecule has 1 aliphatic rings. The van der Waals surface area contributed by atoms with Crippen LogP contribution < -0.4 is 5.32 Å². The van der Waals surface area contributed by atoms with Crippen molar-refractivity contribution >= 4 is 9.84 Å². The molecule has 108 valence electrons. The molecule has 0 radical (unpaired) electrons. The summed E-state index contributed by atoms with van der Waals surface area (Å²) in [5.41, 5.74) is 0. The molecule has 0 bridgehead atoms. The molecule has 0 aromatic heterocycles. The minimum atomic E-state index is -2.83. The van der Waals surface area contributed by atoms with E-state index in [1.54, 1.807) is 0 Å². The molecule has 0 saturated heterocycles. The van der Waals surface area contributed by atoms with Crippen LogP contribution in [0.15, 0.2) is 0 Å². The molecular weight excluding hydrogens is 246 g/mol. The highest BCUT2D eigenvalue weighted by atomic mass is 32.2. The van der Waals surface area contributed by atoms with E-state index >= 15 is 0 Å². The SMILES string of the molecule is CCNC1CCCC1CCS(=O)(=O)CCC(C)C. The lowest BCUT2D eigenvalue weighted by molar-refractivity contribution is 0.398. The molecule has 1 fully saturated rings. The fraction of sp³-hybridized carbons (Fsp3) is 1.00. The van der Waals surface area contributed by atoms with Crippen LogP contribution in [0.3, 0.4) is 0 Å². The van der Waals surface area contributed by atoms with Gasteiger partial charge in [0, 0.05) is 6.04 Å². The highest BCUT2D eigenvalue weighted by molar-refractivity contribution is 7.91. The lowest BCUT2D eigenvalue weighted by Gasteiger charge is -2.20. The molecule has 0 spiro atoms. The Bertz CT molecular complexity index is 325. The van der Waals surface area contributed by atoms with Crippen molar-refractivity contribution in [3.8, 4) is 0 Å². The maximum Gasteiger partial charge on any atom is 0.150 e. The largest absolute Gasteiger partial charge is 0.314 e. The number of sulfone groups is 1. The first-order valence-electron chi connectivity index (χ1n) is 7.38. The van der Waals surface area contributed by atoms with Crippen molar-refractivity contribution < 1.29 is 8.42 Å². The Balaban J connectivity index is 2.34. The predicted octanol–water partition coefficient (Wildman–Crippen LogP) is 2.62. The van der Waals surface area contributed by atoms with E-state index in [2.05, 4.69) is 26.1 Å². The van der Waals surface area contributed by atoms with Gasteiger partial charge in [0.1, 0.15) is 9.84 Å². The second-order valence-electron chi connectivity index (χ2n) is 5.98. The molecule has 3 nitrogen and oxygen atoms in total. The van der Waals surface area contributed by atoms with Crippen LogP contribution in [-0.2, 0) is 9.84 Å². The number of hydrogen-bond donors (Lipinski definition) is 1. The average Bonchev–Trinajstić information content (AvgIpc) is 2.72. The molecule has 0 heterocycles. The highest BCUT2D eigenvalue weighted by Gasteiger charge is 2.27. The molecule has 1 N–H and O–H groups in total.